The number of thioether (sulfide) groups is 1. The third-order valence-corrected chi connectivity index (χ3v) is 8.40. The minimum atomic E-state index is -0.925. The maximum absolute atomic E-state index is 12.7. The summed E-state index contributed by atoms with van der Waals surface area (Å²) in [7, 11) is 5.51. The molecule has 5 N–H and O–H groups in total. The van der Waals surface area contributed by atoms with E-state index in [0.29, 0.717) is 24.3 Å². The summed E-state index contributed by atoms with van der Waals surface area (Å²) in [6.07, 6.45) is 2.82. The maximum atomic E-state index is 12.7. The number of nitrogens with zero attached hydrogens (tertiary/aromatic N) is 3. The molecule has 5 atom stereocenters. The molecule has 3 amide bonds. The number of aliphatic hydroxyl groups excluding tert-OH is 1. The summed E-state index contributed by atoms with van der Waals surface area (Å²) in [5, 5.41) is 23.1. The molecule has 2 aliphatic heterocycles. The first-order valence-electron chi connectivity index (χ1n) is 12.3. The Hall–Kier alpha value is -2.38. The topological polar surface area (TPSA) is 139 Å². The normalized spacial score (nSPS) is 26.6. The molecule has 0 aromatic carbocycles. The van der Waals surface area contributed by atoms with Gasteiger partial charge in [-0.05, 0) is 38.4 Å². The van der Waals surface area contributed by atoms with Gasteiger partial charge in [0.2, 0.25) is 5.91 Å². The van der Waals surface area contributed by atoms with Crippen LogP contribution in [-0.2, 0) is 14.4 Å². The smallest absolute Gasteiger partial charge is 0.314 e. The lowest BCUT2D eigenvalue weighted by molar-refractivity contribution is -0.137. The Morgan fingerprint density at radius 3 is 2.73 bits per heavy atom. The van der Waals surface area contributed by atoms with Gasteiger partial charge in [-0.15, -0.1) is 0 Å². The minimum Gasteiger partial charge on any atom is -0.375 e. The van der Waals surface area contributed by atoms with Gasteiger partial charge in [-0.2, -0.15) is 0 Å². The first kappa shape index (κ1) is 27.6. The third-order valence-electron chi connectivity index (χ3n) is 6.88. The molecule has 11 nitrogen and oxygen atoms in total. The first-order valence-corrected chi connectivity index (χ1v) is 13.6. The van der Waals surface area contributed by atoms with Crippen LogP contribution < -0.4 is 21.3 Å². The molecule has 0 spiro atoms. The molecule has 1 aromatic heterocycles. The second kappa shape index (κ2) is 12.0. The lowest BCUT2D eigenvalue weighted by Crippen LogP contribution is -2.60. The Kier molecular flexibility index (Phi) is 8.96. The highest BCUT2D eigenvalue weighted by Crippen LogP contribution is 2.36. The fraction of sp³-hybridized carbons (Fsp3) is 0.583. The number of carbonyl (C=O) groups excluding carboxylic acids is 3. The van der Waals surface area contributed by atoms with Crippen LogP contribution in [0.15, 0.2) is 28.9 Å². The Morgan fingerprint density at radius 1 is 1.24 bits per heavy atom. The van der Waals surface area contributed by atoms with E-state index in [4.69, 9.17) is 11.6 Å². The number of pyridine rings is 1. The van der Waals surface area contributed by atoms with Gasteiger partial charge in [0, 0.05) is 68.4 Å². The molecular formula is C24H34ClN7O4S. The zero-order chi connectivity index (χ0) is 26.7. The van der Waals surface area contributed by atoms with Crippen LogP contribution in [0.3, 0.4) is 0 Å². The Labute approximate surface area is 225 Å². The number of anilines is 1. The number of rotatable bonds is 6. The minimum absolute atomic E-state index is 0.00570. The molecule has 1 saturated carbocycles. The molecule has 202 valence electrons. The van der Waals surface area contributed by atoms with E-state index in [0.717, 1.165) is 25.2 Å². The fourth-order valence-corrected chi connectivity index (χ4v) is 6.33. The quantitative estimate of drug-likeness (QED) is 0.253. The van der Waals surface area contributed by atoms with E-state index in [1.54, 1.807) is 36.8 Å². The SMILES string of the molecule is CN1CCC2=C(C1)SC(C(O)N[C@@H]1C[C@@H](C(=O)N(C)C)CC[C@@H]1NC(=O)C(=O)Nc1ccc(Cl)cn1)N2. The highest BCUT2D eigenvalue weighted by atomic mass is 35.5. The fourth-order valence-electron chi connectivity index (χ4n) is 4.90. The van der Waals surface area contributed by atoms with Crippen LogP contribution in [0.5, 0.6) is 0 Å². The van der Waals surface area contributed by atoms with E-state index in [9.17, 15) is 19.5 Å². The number of amides is 3. The molecule has 1 aliphatic carbocycles. The number of likely N-dealkylation sites (N-methyl/N-ethyl adjacent to an activating group) is 1. The van der Waals surface area contributed by atoms with Crippen LogP contribution in [0.2, 0.25) is 5.02 Å². The number of hydrogen-bond donors (Lipinski definition) is 5. The van der Waals surface area contributed by atoms with E-state index in [-0.39, 0.29) is 23.0 Å². The summed E-state index contributed by atoms with van der Waals surface area (Å²) in [5.74, 6) is -1.69. The van der Waals surface area contributed by atoms with E-state index in [2.05, 4.69) is 38.2 Å². The zero-order valence-electron chi connectivity index (χ0n) is 21.2. The predicted molar refractivity (Wildman–Crippen MR) is 142 cm³/mol. The molecule has 13 heteroatoms. The largest absolute Gasteiger partial charge is 0.375 e. The van der Waals surface area contributed by atoms with Crippen molar-refractivity contribution in [2.24, 2.45) is 5.92 Å². The summed E-state index contributed by atoms with van der Waals surface area (Å²) in [6.45, 7) is 1.80. The second-order valence-electron chi connectivity index (χ2n) is 9.93. The molecule has 0 saturated heterocycles. The predicted octanol–water partition coefficient (Wildman–Crippen LogP) is 0.533. The summed E-state index contributed by atoms with van der Waals surface area (Å²) in [6, 6.07) is 2.21. The van der Waals surface area contributed by atoms with Crippen LogP contribution >= 0.6 is 23.4 Å². The highest BCUT2D eigenvalue weighted by Gasteiger charge is 2.39. The summed E-state index contributed by atoms with van der Waals surface area (Å²) in [5.41, 5.74) is 1.16. The molecule has 1 aromatic rings. The van der Waals surface area contributed by atoms with Crippen LogP contribution in [0.4, 0.5) is 5.82 Å². The first-order chi connectivity index (χ1) is 17.6. The van der Waals surface area contributed by atoms with Crippen LogP contribution in [0.25, 0.3) is 0 Å². The molecule has 3 heterocycles. The zero-order valence-corrected chi connectivity index (χ0v) is 22.7. The monoisotopic (exact) mass is 551 g/mol. The van der Waals surface area contributed by atoms with Crippen molar-refractivity contribution < 1.29 is 19.5 Å². The van der Waals surface area contributed by atoms with Gasteiger partial charge in [0.25, 0.3) is 0 Å². The number of nitrogens with one attached hydrogen (secondary N) is 4. The average molecular weight is 552 g/mol. The van der Waals surface area contributed by atoms with E-state index in [1.165, 1.54) is 17.2 Å². The van der Waals surface area contributed by atoms with Gasteiger partial charge in [0.05, 0.1) is 5.02 Å². The van der Waals surface area contributed by atoms with Crippen molar-refractivity contribution in [2.75, 3.05) is 39.5 Å². The highest BCUT2D eigenvalue weighted by molar-refractivity contribution is 8.04. The summed E-state index contributed by atoms with van der Waals surface area (Å²) >= 11 is 7.42. The van der Waals surface area contributed by atoms with Gasteiger partial charge < -0.3 is 30.9 Å². The van der Waals surface area contributed by atoms with E-state index < -0.39 is 30.1 Å². The van der Waals surface area contributed by atoms with E-state index >= 15 is 0 Å². The van der Waals surface area contributed by atoms with Gasteiger partial charge in [-0.1, -0.05) is 23.4 Å². The Balaban J connectivity index is 1.40. The standard InChI is InChI=1S/C24H34ClN7O4S/c1-31(2)24(36)13-4-6-15(27-20(33)21(34)30-19-7-5-14(25)11-26-19)17(10-13)28-22(35)23-29-16-8-9-32(3)12-18(16)37-23/h5,7,11,13,15,17,22-23,28-29,35H,4,6,8-10,12H2,1-3H3,(H,27,33)(H,26,30,34)/t13-,15-,17+,22?,23?/m0/s1. The lowest BCUT2D eigenvalue weighted by atomic mass is 9.81. The van der Waals surface area contributed by atoms with Gasteiger partial charge in [-0.25, -0.2) is 4.98 Å². The summed E-state index contributed by atoms with van der Waals surface area (Å²) < 4.78 is 0. The molecule has 0 radical (unpaired) electrons. The number of carbonyl (C=O) groups is 3. The van der Waals surface area contributed by atoms with Crippen molar-refractivity contribution in [3.05, 3.63) is 34.0 Å². The third kappa shape index (κ3) is 6.94. The van der Waals surface area contributed by atoms with Crippen molar-refractivity contribution in [2.45, 2.75) is 49.4 Å². The number of aromatic nitrogens is 1. The van der Waals surface area contributed by atoms with E-state index in [1.807, 2.05) is 0 Å². The Bertz CT molecular complexity index is 1050. The van der Waals surface area contributed by atoms with Crippen molar-refractivity contribution in [1.29, 1.82) is 0 Å². The molecule has 1 fully saturated rings. The maximum Gasteiger partial charge on any atom is 0.314 e. The second-order valence-corrected chi connectivity index (χ2v) is 11.6. The lowest BCUT2D eigenvalue weighted by Gasteiger charge is -2.39. The van der Waals surface area contributed by atoms with Gasteiger partial charge in [0.1, 0.15) is 17.4 Å². The van der Waals surface area contributed by atoms with Gasteiger partial charge in [0.15, 0.2) is 0 Å². The average Bonchev–Trinajstić information content (AvgIpc) is 3.29. The van der Waals surface area contributed by atoms with Crippen LogP contribution in [0, 0.1) is 5.92 Å². The molecule has 0 bridgehead atoms. The number of aliphatic hydroxyl groups is 1. The number of hydrogen-bond acceptors (Lipinski definition) is 9. The van der Waals surface area contributed by atoms with Crippen LogP contribution in [0.1, 0.15) is 25.7 Å². The molecular weight excluding hydrogens is 518 g/mol. The molecule has 3 aliphatic rings. The van der Waals surface area contributed by atoms with Crippen LogP contribution in [-0.4, -0.2) is 95.5 Å². The van der Waals surface area contributed by atoms with Crippen molar-refractivity contribution in [1.82, 2.24) is 30.7 Å². The summed E-state index contributed by atoms with van der Waals surface area (Å²) in [4.78, 5) is 46.9. The van der Waals surface area contributed by atoms with Crippen molar-refractivity contribution >= 4 is 46.9 Å². The Morgan fingerprint density at radius 2 is 2.03 bits per heavy atom. The molecule has 37 heavy (non-hydrogen) atoms. The van der Waals surface area contributed by atoms with Crippen molar-refractivity contribution in [3.8, 4) is 0 Å². The molecule has 4 rings (SSSR count). The van der Waals surface area contributed by atoms with Gasteiger partial charge in [-0.3, -0.25) is 19.7 Å². The molecule has 2 unspecified atom stereocenters. The van der Waals surface area contributed by atoms with Crippen molar-refractivity contribution in [3.63, 3.8) is 0 Å². The van der Waals surface area contributed by atoms with Gasteiger partial charge >= 0.3 is 11.8 Å². The number of halogens is 1.